The van der Waals surface area contributed by atoms with Crippen LogP contribution in [0.1, 0.15) is 24.8 Å². The molecule has 0 bridgehead atoms. The minimum Gasteiger partial charge on any atom is -0.441 e. The molecule has 0 spiro atoms. The highest BCUT2D eigenvalue weighted by Gasteiger charge is 2.03. The molecule has 0 aliphatic carbocycles. The number of rotatable bonds is 7. The molecular weight excluding hydrogens is 238 g/mol. The van der Waals surface area contributed by atoms with E-state index < -0.39 is 0 Å². The van der Waals surface area contributed by atoms with E-state index >= 15 is 0 Å². The Labute approximate surface area is 114 Å². The van der Waals surface area contributed by atoms with Gasteiger partial charge < -0.3 is 15.5 Å². The molecule has 0 radical (unpaired) electrons. The lowest BCUT2D eigenvalue weighted by Gasteiger charge is -2.09. The van der Waals surface area contributed by atoms with Crippen LogP contribution < -0.4 is 11.1 Å². The first kappa shape index (κ1) is 14.0. The molecule has 1 heterocycles. The Morgan fingerprint density at radius 3 is 3.00 bits per heavy atom. The first-order valence-corrected chi connectivity index (χ1v) is 6.96. The number of nitrogens with two attached hydrogens (primary N) is 1. The predicted molar refractivity (Wildman–Crippen MR) is 78.2 cm³/mol. The van der Waals surface area contributed by atoms with Crippen molar-refractivity contribution in [2.24, 2.45) is 11.7 Å². The number of aromatic nitrogens is 1. The highest BCUT2D eigenvalue weighted by molar-refractivity contribution is 5.73. The van der Waals surface area contributed by atoms with Gasteiger partial charge in [0.15, 0.2) is 11.5 Å². The Morgan fingerprint density at radius 1 is 1.37 bits per heavy atom. The van der Waals surface area contributed by atoms with Gasteiger partial charge in [0, 0.05) is 6.92 Å². The lowest BCUT2D eigenvalue weighted by atomic mass is 10.1. The Bertz CT molecular complexity index is 521. The second-order valence-corrected chi connectivity index (χ2v) is 5.16. The van der Waals surface area contributed by atoms with Gasteiger partial charge in [-0.15, -0.1) is 0 Å². The Morgan fingerprint density at radius 2 is 2.21 bits per heavy atom. The molecule has 4 heteroatoms. The first-order chi connectivity index (χ1) is 9.19. The minimum atomic E-state index is 0.599. The van der Waals surface area contributed by atoms with Gasteiger partial charge in [0.05, 0.1) is 0 Å². The number of benzene rings is 1. The van der Waals surface area contributed by atoms with Gasteiger partial charge in [-0.3, -0.25) is 0 Å². The molecule has 1 aromatic carbocycles. The molecule has 2 rings (SSSR count). The summed E-state index contributed by atoms with van der Waals surface area (Å²) in [7, 11) is 0. The van der Waals surface area contributed by atoms with E-state index in [2.05, 4.69) is 29.4 Å². The highest BCUT2D eigenvalue weighted by atomic mass is 16.3. The average Bonchev–Trinajstić information content (AvgIpc) is 2.77. The molecular formula is C15H23N3O. The fourth-order valence-corrected chi connectivity index (χ4v) is 2.07. The third kappa shape index (κ3) is 4.04. The molecule has 104 valence electrons. The van der Waals surface area contributed by atoms with Crippen molar-refractivity contribution < 1.29 is 4.42 Å². The molecule has 0 saturated heterocycles. The van der Waals surface area contributed by atoms with Gasteiger partial charge in [-0.2, -0.15) is 0 Å². The van der Waals surface area contributed by atoms with Gasteiger partial charge in [-0.1, -0.05) is 13.0 Å². The zero-order valence-corrected chi connectivity index (χ0v) is 11.8. The van der Waals surface area contributed by atoms with Crippen molar-refractivity contribution in [3.8, 4) is 0 Å². The number of oxazole rings is 1. The number of nitrogens with one attached hydrogen (secondary N) is 1. The van der Waals surface area contributed by atoms with Gasteiger partial charge in [-0.25, -0.2) is 4.98 Å². The quantitative estimate of drug-likeness (QED) is 0.750. The van der Waals surface area contributed by atoms with Crippen molar-refractivity contribution in [2.75, 3.05) is 19.6 Å². The predicted octanol–water partition coefficient (Wildman–Crippen LogP) is 2.25. The molecule has 0 aliphatic rings. The van der Waals surface area contributed by atoms with Crippen molar-refractivity contribution in [2.45, 2.75) is 26.7 Å². The largest absolute Gasteiger partial charge is 0.441 e. The summed E-state index contributed by atoms with van der Waals surface area (Å²) in [6.07, 6.45) is 2.15. The van der Waals surface area contributed by atoms with E-state index in [0.29, 0.717) is 5.92 Å². The van der Waals surface area contributed by atoms with Gasteiger partial charge in [0.1, 0.15) is 5.52 Å². The van der Waals surface area contributed by atoms with Crippen molar-refractivity contribution in [1.29, 1.82) is 0 Å². The second-order valence-electron chi connectivity index (χ2n) is 5.16. The normalized spacial score (nSPS) is 13.0. The summed E-state index contributed by atoms with van der Waals surface area (Å²) < 4.78 is 5.47. The average molecular weight is 261 g/mol. The molecule has 4 nitrogen and oxygen atoms in total. The molecule has 0 amide bonds. The molecule has 1 aromatic heterocycles. The molecule has 1 atom stereocenters. The standard InChI is InChI=1S/C15H23N3O/c1-11(10-16)5-7-17-8-6-13-3-4-15-14(9-13)18-12(2)19-15/h3-4,9,11,17H,5-8,10,16H2,1-2H3. The van der Waals surface area contributed by atoms with E-state index in [4.69, 9.17) is 10.2 Å². The fraction of sp³-hybridized carbons (Fsp3) is 0.533. The smallest absolute Gasteiger partial charge is 0.192 e. The third-order valence-electron chi connectivity index (χ3n) is 3.37. The number of nitrogens with zero attached hydrogens (tertiary/aromatic N) is 1. The molecule has 0 aliphatic heterocycles. The molecule has 0 saturated carbocycles. The number of aryl methyl sites for hydroxylation is 1. The van der Waals surface area contributed by atoms with E-state index in [-0.39, 0.29) is 0 Å². The third-order valence-corrected chi connectivity index (χ3v) is 3.37. The summed E-state index contributed by atoms with van der Waals surface area (Å²) in [6, 6.07) is 6.22. The van der Waals surface area contributed by atoms with Crippen LogP contribution in [0, 0.1) is 12.8 Å². The maximum Gasteiger partial charge on any atom is 0.192 e. The van der Waals surface area contributed by atoms with Crippen LogP contribution in [0.3, 0.4) is 0 Å². The van der Waals surface area contributed by atoms with Crippen molar-refractivity contribution in [3.63, 3.8) is 0 Å². The van der Waals surface area contributed by atoms with E-state index in [1.54, 1.807) is 0 Å². The van der Waals surface area contributed by atoms with Crippen LogP contribution in [0.2, 0.25) is 0 Å². The van der Waals surface area contributed by atoms with Gasteiger partial charge in [-0.05, 0) is 56.1 Å². The zero-order chi connectivity index (χ0) is 13.7. The van der Waals surface area contributed by atoms with E-state index in [1.807, 2.05) is 13.0 Å². The van der Waals surface area contributed by atoms with Gasteiger partial charge >= 0.3 is 0 Å². The van der Waals surface area contributed by atoms with Crippen molar-refractivity contribution >= 4 is 11.1 Å². The van der Waals surface area contributed by atoms with Crippen LogP contribution in [-0.4, -0.2) is 24.6 Å². The lowest BCUT2D eigenvalue weighted by Crippen LogP contribution is -2.22. The van der Waals surface area contributed by atoms with Crippen LogP contribution in [-0.2, 0) is 6.42 Å². The van der Waals surface area contributed by atoms with E-state index in [9.17, 15) is 0 Å². The maximum atomic E-state index is 5.59. The lowest BCUT2D eigenvalue weighted by molar-refractivity contribution is 0.511. The summed E-state index contributed by atoms with van der Waals surface area (Å²) >= 11 is 0. The molecule has 1 unspecified atom stereocenters. The van der Waals surface area contributed by atoms with Crippen LogP contribution >= 0.6 is 0 Å². The Hall–Kier alpha value is -1.39. The van der Waals surface area contributed by atoms with Crippen LogP contribution in [0.5, 0.6) is 0 Å². The molecule has 3 N–H and O–H groups in total. The summed E-state index contributed by atoms with van der Waals surface area (Å²) in [6.45, 7) is 6.84. The Kier molecular flexibility index (Phi) is 4.93. The fourth-order valence-electron chi connectivity index (χ4n) is 2.07. The van der Waals surface area contributed by atoms with Crippen LogP contribution in [0.4, 0.5) is 0 Å². The maximum absolute atomic E-state index is 5.59. The second kappa shape index (κ2) is 6.68. The van der Waals surface area contributed by atoms with E-state index in [0.717, 1.165) is 49.5 Å². The summed E-state index contributed by atoms with van der Waals surface area (Å²) in [5.74, 6) is 1.32. The van der Waals surface area contributed by atoms with Crippen LogP contribution in [0.25, 0.3) is 11.1 Å². The number of hydrogen-bond acceptors (Lipinski definition) is 4. The summed E-state index contributed by atoms with van der Waals surface area (Å²) in [4.78, 5) is 4.35. The first-order valence-electron chi connectivity index (χ1n) is 6.96. The molecule has 19 heavy (non-hydrogen) atoms. The number of fused-ring (bicyclic) bond motifs is 1. The summed E-state index contributed by atoms with van der Waals surface area (Å²) in [5, 5.41) is 3.45. The molecule has 2 aromatic rings. The number of hydrogen-bond donors (Lipinski definition) is 2. The minimum absolute atomic E-state index is 0.599. The van der Waals surface area contributed by atoms with Gasteiger partial charge in [0.25, 0.3) is 0 Å². The van der Waals surface area contributed by atoms with Crippen molar-refractivity contribution in [3.05, 3.63) is 29.7 Å². The van der Waals surface area contributed by atoms with Gasteiger partial charge in [0.2, 0.25) is 0 Å². The van der Waals surface area contributed by atoms with Crippen molar-refractivity contribution in [1.82, 2.24) is 10.3 Å². The monoisotopic (exact) mass is 261 g/mol. The topological polar surface area (TPSA) is 64.1 Å². The Balaban J connectivity index is 1.78. The highest BCUT2D eigenvalue weighted by Crippen LogP contribution is 2.16. The SMILES string of the molecule is Cc1nc2cc(CCNCCC(C)CN)ccc2o1. The van der Waals surface area contributed by atoms with Crippen LogP contribution in [0.15, 0.2) is 22.6 Å². The van der Waals surface area contributed by atoms with E-state index in [1.165, 1.54) is 5.56 Å². The molecule has 0 fully saturated rings. The zero-order valence-electron chi connectivity index (χ0n) is 11.8. The summed E-state index contributed by atoms with van der Waals surface area (Å²) in [5.41, 5.74) is 8.70.